The first-order valence-corrected chi connectivity index (χ1v) is 9.86. The molecule has 1 aromatic carbocycles. The SMILES string of the molecule is O=C[C@H](CC(=O)O)NC(=O)c1ccc(CNS(=O)(=O)c2cccc(C(=O)O)c2)nc1. The van der Waals surface area contributed by atoms with Crippen LogP contribution in [0.4, 0.5) is 0 Å². The molecule has 1 aromatic heterocycles. The Hall–Kier alpha value is -3.64. The van der Waals surface area contributed by atoms with Crippen molar-refractivity contribution in [3.8, 4) is 0 Å². The van der Waals surface area contributed by atoms with Crippen LogP contribution in [0.15, 0.2) is 47.5 Å². The van der Waals surface area contributed by atoms with Crippen LogP contribution < -0.4 is 10.0 Å². The molecular formula is C18H17N3O8S. The highest BCUT2D eigenvalue weighted by Crippen LogP contribution is 2.12. The Balaban J connectivity index is 2.02. The van der Waals surface area contributed by atoms with E-state index in [0.29, 0.717) is 6.29 Å². The molecule has 0 spiro atoms. The van der Waals surface area contributed by atoms with E-state index in [1.165, 1.54) is 30.3 Å². The van der Waals surface area contributed by atoms with Crippen molar-refractivity contribution < 1.29 is 37.8 Å². The maximum atomic E-state index is 12.3. The molecule has 1 amide bonds. The van der Waals surface area contributed by atoms with Crippen molar-refractivity contribution in [1.82, 2.24) is 15.0 Å². The average Bonchev–Trinajstić information content (AvgIpc) is 2.71. The van der Waals surface area contributed by atoms with Crippen molar-refractivity contribution in [2.45, 2.75) is 23.9 Å². The predicted molar refractivity (Wildman–Crippen MR) is 101 cm³/mol. The molecule has 1 heterocycles. The van der Waals surface area contributed by atoms with Crippen molar-refractivity contribution in [2.75, 3.05) is 0 Å². The first-order chi connectivity index (χ1) is 14.1. The summed E-state index contributed by atoms with van der Waals surface area (Å²) in [5.41, 5.74) is 0.137. The van der Waals surface area contributed by atoms with Gasteiger partial charge in [-0.25, -0.2) is 17.9 Å². The van der Waals surface area contributed by atoms with Crippen LogP contribution >= 0.6 is 0 Å². The monoisotopic (exact) mass is 435 g/mol. The second-order valence-corrected chi connectivity index (χ2v) is 7.78. The lowest BCUT2D eigenvalue weighted by Crippen LogP contribution is -2.37. The van der Waals surface area contributed by atoms with Gasteiger partial charge in [0.05, 0.1) is 40.7 Å². The van der Waals surface area contributed by atoms with Crippen LogP contribution in [-0.2, 0) is 26.2 Å². The van der Waals surface area contributed by atoms with Crippen molar-refractivity contribution in [1.29, 1.82) is 0 Å². The molecule has 0 saturated heterocycles. The second kappa shape index (κ2) is 9.71. The summed E-state index contributed by atoms with van der Waals surface area (Å²) in [5.74, 6) is -3.22. The van der Waals surface area contributed by atoms with Gasteiger partial charge in [0.15, 0.2) is 0 Å². The highest BCUT2D eigenvalue weighted by atomic mass is 32.2. The molecule has 0 radical (unpaired) electrons. The van der Waals surface area contributed by atoms with Gasteiger partial charge in [0, 0.05) is 6.20 Å². The summed E-state index contributed by atoms with van der Waals surface area (Å²) >= 11 is 0. The number of aldehydes is 1. The van der Waals surface area contributed by atoms with Gasteiger partial charge >= 0.3 is 11.9 Å². The molecule has 0 unspecified atom stereocenters. The second-order valence-electron chi connectivity index (χ2n) is 6.01. The van der Waals surface area contributed by atoms with Crippen LogP contribution in [0.5, 0.6) is 0 Å². The van der Waals surface area contributed by atoms with Crippen LogP contribution in [0, 0.1) is 0 Å². The standard InChI is InChI=1S/C18H17N3O8S/c22-10-14(7-16(23)24)21-17(25)12-4-5-13(19-8-12)9-20-30(28,29)15-3-1-2-11(6-15)18(26)27/h1-6,8,10,14,20H,7,9H2,(H,21,25)(H,23,24)(H,26,27)/t14-/m0/s1. The normalized spacial score (nSPS) is 12.0. The molecule has 0 bridgehead atoms. The van der Waals surface area contributed by atoms with Gasteiger partial charge in [-0.05, 0) is 30.3 Å². The molecule has 0 fully saturated rings. The quantitative estimate of drug-likeness (QED) is 0.374. The lowest BCUT2D eigenvalue weighted by molar-refractivity contribution is -0.138. The highest BCUT2D eigenvalue weighted by molar-refractivity contribution is 7.89. The summed E-state index contributed by atoms with van der Waals surface area (Å²) in [4.78, 5) is 48.2. The molecule has 158 valence electrons. The minimum Gasteiger partial charge on any atom is -0.481 e. The number of hydrogen-bond donors (Lipinski definition) is 4. The number of benzene rings is 1. The van der Waals surface area contributed by atoms with E-state index in [1.807, 2.05) is 0 Å². The molecular weight excluding hydrogens is 418 g/mol. The maximum Gasteiger partial charge on any atom is 0.335 e. The molecule has 0 saturated carbocycles. The number of nitrogens with zero attached hydrogens (tertiary/aromatic N) is 1. The van der Waals surface area contributed by atoms with Crippen LogP contribution in [-0.4, -0.2) is 53.8 Å². The van der Waals surface area contributed by atoms with Crippen molar-refractivity contribution in [3.63, 3.8) is 0 Å². The third-order valence-corrected chi connectivity index (χ3v) is 5.20. The molecule has 1 atom stereocenters. The number of carbonyl (C=O) groups excluding carboxylic acids is 2. The minimum atomic E-state index is -4.00. The van der Waals surface area contributed by atoms with Crippen molar-refractivity contribution >= 4 is 34.2 Å². The fraction of sp³-hybridized carbons (Fsp3) is 0.167. The number of sulfonamides is 1. The number of pyridine rings is 1. The minimum absolute atomic E-state index is 0.0491. The number of carboxylic acid groups (broad SMARTS) is 2. The molecule has 4 N–H and O–H groups in total. The van der Waals surface area contributed by atoms with Gasteiger partial charge in [0.1, 0.15) is 6.29 Å². The summed E-state index contributed by atoms with van der Waals surface area (Å²) in [7, 11) is -4.00. The number of nitrogens with one attached hydrogen (secondary N) is 2. The number of aromatic carboxylic acids is 1. The van der Waals surface area contributed by atoms with Crippen LogP contribution in [0.3, 0.4) is 0 Å². The summed E-state index contributed by atoms with van der Waals surface area (Å²) in [6.07, 6.45) is 0.889. The molecule has 0 aliphatic rings. The first-order valence-electron chi connectivity index (χ1n) is 8.38. The molecule has 12 heteroatoms. The number of carbonyl (C=O) groups is 4. The molecule has 0 aliphatic carbocycles. The number of aromatic nitrogens is 1. The highest BCUT2D eigenvalue weighted by Gasteiger charge is 2.18. The molecule has 11 nitrogen and oxygen atoms in total. The summed E-state index contributed by atoms with van der Waals surface area (Å²) in [6.45, 7) is -0.225. The number of aliphatic carboxylic acids is 1. The Bertz CT molecular complexity index is 1070. The zero-order valence-electron chi connectivity index (χ0n) is 15.3. The van der Waals surface area contributed by atoms with Crippen molar-refractivity contribution in [2.24, 2.45) is 0 Å². The molecule has 2 aromatic rings. The predicted octanol–water partition coefficient (Wildman–Crippen LogP) is 0.0303. The van der Waals surface area contributed by atoms with Gasteiger partial charge in [-0.2, -0.15) is 0 Å². The van der Waals surface area contributed by atoms with E-state index in [9.17, 15) is 27.6 Å². The summed E-state index contributed by atoms with van der Waals surface area (Å²) < 4.78 is 26.9. The average molecular weight is 435 g/mol. The van der Waals surface area contributed by atoms with E-state index in [0.717, 1.165) is 12.3 Å². The van der Waals surface area contributed by atoms with Gasteiger partial charge in [-0.15, -0.1) is 0 Å². The lowest BCUT2D eigenvalue weighted by Gasteiger charge is -2.11. The molecule has 30 heavy (non-hydrogen) atoms. The fourth-order valence-corrected chi connectivity index (χ4v) is 3.33. The van der Waals surface area contributed by atoms with Gasteiger partial charge in [-0.3, -0.25) is 14.6 Å². The van der Waals surface area contributed by atoms with E-state index in [2.05, 4.69) is 15.0 Å². The first kappa shape index (κ1) is 22.6. The Morgan fingerprint density at radius 1 is 1.10 bits per heavy atom. The Kier molecular flexibility index (Phi) is 7.33. The maximum absolute atomic E-state index is 12.3. The van der Waals surface area contributed by atoms with E-state index in [-0.39, 0.29) is 28.3 Å². The molecule has 0 aliphatic heterocycles. The van der Waals surface area contributed by atoms with Gasteiger partial charge in [0.2, 0.25) is 10.0 Å². The number of hydrogen-bond acceptors (Lipinski definition) is 7. The summed E-state index contributed by atoms with van der Waals surface area (Å²) in [5, 5.41) is 19.9. The lowest BCUT2D eigenvalue weighted by atomic mass is 10.2. The third kappa shape index (κ3) is 6.18. The topological polar surface area (TPSA) is 180 Å². The summed E-state index contributed by atoms with van der Waals surface area (Å²) in [6, 6.07) is 6.35. The van der Waals surface area contributed by atoms with Crippen molar-refractivity contribution in [3.05, 3.63) is 59.4 Å². The Morgan fingerprint density at radius 2 is 1.83 bits per heavy atom. The Labute approximate surface area is 170 Å². The third-order valence-electron chi connectivity index (χ3n) is 3.80. The zero-order chi connectivity index (χ0) is 22.3. The Morgan fingerprint density at radius 3 is 2.40 bits per heavy atom. The van der Waals surface area contributed by atoms with E-state index in [1.54, 1.807) is 0 Å². The van der Waals surface area contributed by atoms with Gasteiger partial charge < -0.3 is 20.3 Å². The van der Waals surface area contributed by atoms with E-state index in [4.69, 9.17) is 10.2 Å². The van der Waals surface area contributed by atoms with Crippen LogP contribution in [0.25, 0.3) is 0 Å². The van der Waals surface area contributed by atoms with Crippen LogP contribution in [0.2, 0.25) is 0 Å². The van der Waals surface area contributed by atoms with Gasteiger partial charge in [-0.1, -0.05) is 6.07 Å². The van der Waals surface area contributed by atoms with E-state index >= 15 is 0 Å². The smallest absolute Gasteiger partial charge is 0.335 e. The number of rotatable bonds is 10. The molecule has 2 rings (SSSR count). The van der Waals surface area contributed by atoms with E-state index < -0.39 is 40.3 Å². The number of carboxylic acids is 2. The largest absolute Gasteiger partial charge is 0.481 e. The van der Waals surface area contributed by atoms with Gasteiger partial charge in [0.25, 0.3) is 5.91 Å². The fourth-order valence-electron chi connectivity index (χ4n) is 2.28. The van der Waals surface area contributed by atoms with Crippen LogP contribution in [0.1, 0.15) is 32.8 Å². The zero-order valence-corrected chi connectivity index (χ0v) is 16.1. The number of amides is 1.